The van der Waals surface area contributed by atoms with E-state index in [1.165, 1.54) is 6.54 Å². The molecular weight excluding hydrogens is 238 g/mol. The molecule has 0 saturated heterocycles. The lowest BCUT2D eigenvalue weighted by molar-refractivity contribution is 0.336. The molecule has 0 radical (unpaired) electrons. The summed E-state index contributed by atoms with van der Waals surface area (Å²) in [4.78, 5) is 0. The molecule has 3 heteroatoms. The smallest absolute Gasteiger partial charge is 0.120 e. The molecule has 0 saturated carbocycles. The summed E-state index contributed by atoms with van der Waals surface area (Å²) in [5.74, 6) is 0. The Labute approximate surface area is 112 Å². The van der Waals surface area contributed by atoms with Gasteiger partial charge in [-0.25, -0.2) is 0 Å². The molecule has 0 spiro atoms. The van der Waals surface area contributed by atoms with Crippen LogP contribution in [0.2, 0.25) is 37.8 Å². The second-order valence-electron chi connectivity index (χ2n) is 9.13. The van der Waals surface area contributed by atoms with Crippen LogP contribution in [0.1, 0.15) is 41.5 Å². The number of nitrogens with zero attached hydrogens (tertiary/aromatic N) is 1. The Kier molecular flexibility index (Phi) is 4.93. The molecular formula is C14H35NSi2. The quantitative estimate of drug-likeness (QED) is 0.641. The highest BCUT2D eigenvalue weighted by atomic mass is 28.4. The fourth-order valence-corrected chi connectivity index (χ4v) is 12.5. The molecule has 0 heterocycles. The maximum Gasteiger partial charge on any atom is 0.120 e. The largest absolute Gasteiger partial charge is 0.345 e. The Hall–Kier alpha value is 0.394. The van der Waals surface area contributed by atoms with Gasteiger partial charge in [0, 0.05) is 0 Å². The van der Waals surface area contributed by atoms with Crippen molar-refractivity contribution in [3.63, 3.8) is 0 Å². The molecule has 0 rings (SSSR count). The van der Waals surface area contributed by atoms with Gasteiger partial charge in [-0.2, -0.15) is 0 Å². The van der Waals surface area contributed by atoms with E-state index < -0.39 is 16.5 Å². The molecule has 0 aliphatic heterocycles. The van der Waals surface area contributed by atoms with Crippen LogP contribution in [0.5, 0.6) is 0 Å². The van der Waals surface area contributed by atoms with Crippen molar-refractivity contribution in [1.82, 2.24) is 4.23 Å². The third-order valence-corrected chi connectivity index (χ3v) is 14.6. The van der Waals surface area contributed by atoms with Gasteiger partial charge in [-0.05, 0) is 17.0 Å². The molecule has 17 heavy (non-hydrogen) atoms. The van der Waals surface area contributed by atoms with Crippen molar-refractivity contribution < 1.29 is 0 Å². The summed E-state index contributed by atoms with van der Waals surface area (Å²) >= 11 is 0. The third kappa shape index (κ3) is 4.88. The van der Waals surface area contributed by atoms with Crippen molar-refractivity contribution in [1.29, 1.82) is 0 Å². The molecule has 0 aliphatic carbocycles. The molecule has 0 N–H and O–H groups in total. The zero-order valence-electron chi connectivity index (χ0n) is 14.2. The van der Waals surface area contributed by atoms with Gasteiger partial charge in [0.15, 0.2) is 0 Å². The van der Waals surface area contributed by atoms with E-state index in [9.17, 15) is 0 Å². The Morgan fingerprint density at radius 1 is 0.765 bits per heavy atom. The van der Waals surface area contributed by atoms with Crippen molar-refractivity contribution in [2.24, 2.45) is 5.41 Å². The van der Waals surface area contributed by atoms with Gasteiger partial charge in [0.2, 0.25) is 0 Å². The highest BCUT2D eigenvalue weighted by Crippen LogP contribution is 2.41. The summed E-state index contributed by atoms with van der Waals surface area (Å²) in [6.45, 7) is 28.2. The topological polar surface area (TPSA) is 3.24 Å². The molecule has 0 aliphatic rings. The second kappa shape index (κ2) is 4.82. The summed E-state index contributed by atoms with van der Waals surface area (Å²) in [6, 6.07) is 0. The molecule has 0 bridgehead atoms. The van der Waals surface area contributed by atoms with Crippen molar-refractivity contribution in [3.05, 3.63) is 0 Å². The Morgan fingerprint density at radius 3 is 1.29 bits per heavy atom. The van der Waals surface area contributed by atoms with Gasteiger partial charge in [-0.15, -0.1) is 0 Å². The number of hydrogen-bond donors (Lipinski definition) is 0. The first-order valence-corrected chi connectivity index (χ1v) is 13.3. The standard InChI is InChI=1S/C14H35NSi2/c1-13(2,3)12-15(16(7,8)9)17(10,11)14(4,5)6/h12H2,1-11H3. The molecule has 0 aromatic heterocycles. The lowest BCUT2D eigenvalue weighted by Crippen LogP contribution is -2.66. The Balaban J connectivity index is 5.36. The molecule has 0 amide bonds. The first-order chi connectivity index (χ1) is 7.09. The molecule has 0 fully saturated rings. The lowest BCUT2D eigenvalue weighted by Gasteiger charge is -2.54. The zero-order chi connectivity index (χ0) is 14.3. The van der Waals surface area contributed by atoms with Crippen LogP contribution in [0.15, 0.2) is 0 Å². The van der Waals surface area contributed by atoms with Crippen LogP contribution in [0.3, 0.4) is 0 Å². The van der Waals surface area contributed by atoms with E-state index in [1.807, 2.05) is 0 Å². The van der Waals surface area contributed by atoms with Crippen molar-refractivity contribution in [2.45, 2.75) is 79.3 Å². The van der Waals surface area contributed by atoms with E-state index in [2.05, 4.69) is 78.5 Å². The van der Waals surface area contributed by atoms with Gasteiger partial charge in [-0.1, -0.05) is 74.3 Å². The minimum Gasteiger partial charge on any atom is -0.345 e. The van der Waals surface area contributed by atoms with Crippen molar-refractivity contribution in [3.8, 4) is 0 Å². The lowest BCUT2D eigenvalue weighted by atomic mass is 9.98. The molecule has 0 aromatic carbocycles. The van der Waals surface area contributed by atoms with Crippen LogP contribution in [0.25, 0.3) is 0 Å². The summed E-state index contributed by atoms with van der Waals surface area (Å²) < 4.78 is 2.94. The average Bonchev–Trinajstić information content (AvgIpc) is 1.93. The minimum absolute atomic E-state index is 0.399. The van der Waals surface area contributed by atoms with Crippen LogP contribution in [0, 0.1) is 5.41 Å². The van der Waals surface area contributed by atoms with Gasteiger partial charge in [-0.3, -0.25) is 0 Å². The normalized spacial score (nSPS) is 15.5. The van der Waals surface area contributed by atoms with Gasteiger partial charge in [0.05, 0.1) is 0 Å². The van der Waals surface area contributed by atoms with E-state index in [4.69, 9.17) is 0 Å². The van der Waals surface area contributed by atoms with Crippen molar-refractivity contribution >= 4 is 16.5 Å². The third-order valence-electron chi connectivity index (χ3n) is 3.95. The molecule has 0 unspecified atom stereocenters. The van der Waals surface area contributed by atoms with Gasteiger partial charge in [0.25, 0.3) is 0 Å². The predicted octanol–water partition coefficient (Wildman–Crippen LogP) is 5.17. The summed E-state index contributed by atoms with van der Waals surface area (Å²) in [5, 5.41) is 0.443. The fraction of sp³-hybridized carbons (Fsp3) is 1.00. The van der Waals surface area contributed by atoms with E-state index in [1.54, 1.807) is 0 Å². The fourth-order valence-electron chi connectivity index (χ4n) is 2.15. The highest BCUT2D eigenvalue weighted by molar-refractivity contribution is 6.91. The molecule has 104 valence electrons. The van der Waals surface area contributed by atoms with Crippen LogP contribution in [-0.2, 0) is 0 Å². The van der Waals surface area contributed by atoms with E-state index >= 15 is 0 Å². The van der Waals surface area contributed by atoms with E-state index in [0.717, 1.165) is 0 Å². The summed E-state index contributed by atoms with van der Waals surface area (Å²) in [7, 11) is -2.63. The average molecular weight is 274 g/mol. The van der Waals surface area contributed by atoms with Crippen molar-refractivity contribution in [2.75, 3.05) is 6.54 Å². The van der Waals surface area contributed by atoms with Crippen LogP contribution in [-0.4, -0.2) is 27.2 Å². The Morgan fingerprint density at radius 2 is 1.12 bits per heavy atom. The number of hydrogen-bond acceptors (Lipinski definition) is 1. The van der Waals surface area contributed by atoms with Crippen LogP contribution < -0.4 is 0 Å². The minimum atomic E-state index is -1.38. The maximum atomic E-state index is 2.94. The first-order valence-electron chi connectivity index (χ1n) is 6.87. The van der Waals surface area contributed by atoms with Crippen LogP contribution in [0.4, 0.5) is 0 Å². The Bertz CT molecular complexity index is 251. The number of rotatable bonds is 3. The van der Waals surface area contributed by atoms with Gasteiger partial charge >= 0.3 is 0 Å². The SMILES string of the molecule is CC(C)(C)CN([Si](C)(C)C)[Si](C)(C)C(C)(C)C. The maximum absolute atomic E-state index is 2.94. The van der Waals surface area contributed by atoms with E-state index in [-0.39, 0.29) is 0 Å². The second-order valence-corrected chi connectivity index (χ2v) is 19.6. The highest BCUT2D eigenvalue weighted by Gasteiger charge is 2.46. The molecule has 1 nitrogen and oxygen atoms in total. The predicted molar refractivity (Wildman–Crippen MR) is 86.7 cm³/mol. The van der Waals surface area contributed by atoms with Crippen LogP contribution >= 0.6 is 0 Å². The first kappa shape index (κ1) is 17.4. The summed E-state index contributed by atoms with van der Waals surface area (Å²) in [6.07, 6.45) is 0. The van der Waals surface area contributed by atoms with Gasteiger partial charge in [0.1, 0.15) is 16.5 Å². The summed E-state index contributed by atoms with van der Waals surface area (Å²) in [5.41, 5.74) is 0.399. The molecule has 0 atom stereocenters. The molecule has 0 aromatic rings. The van der Waals surface area contributed by atoms with E-state index in [0.29, 0.717) is 10.5 Å². The monoisotopic (exact) mass is 273 g/mol. The zero-order valence-corrected chi connectivity index (χ0v) is 16.2. The van der Waals surface area contributed by atoms with Gasteiger partial charge < -0.3 is 4.23 Å².